The Morgan fingerprint density at radius 3 is 0.957 bits per heavy atom. The van der Waals surface area contributed by atoms with Crippen LogP contribution in [0.1, 0.15) is 138 Å². The van der Waals surface area contributed by atoms with E-state index in [1.54, 1.807) is 107 Å². The molecule has 0 aliphatic rings. The molecule has 0 aliphatic heterocycles. The molecule has 15 atom stereocenters. The zero-order chi connectivity index (χ0) is 69.8. The minimum absolute atomic E-state index is 0.0880. The van der Waals surface area contributed by atoms with Gasteiger partial charge >= 0.3 is 0 Å². The fourth-order valence-corrected chi connectivity index (χ4v) is 10.00. The van der Waals surface area contributed by atoms with Crippen molar-refractivity contribution in [3.63, 3.8) is 0 Å². The molecule has 0 aliphatic carbocycles. The summed E-state index contributed by atoms with van der Waals surface area (Å²) in [5.41, 5.74) is 19.0. The van der Waals surface area contributed by atoms with Crippen LogP contribution in [0.4, 0.5) is 0 Å². The fourth-order valence-electron chi connectivity index (χ4n) is 9.62. The van der Waals surface area contributed by atoms with Crippen molar-refractivity contribution in [1.82, 2.24) is 53.2 Å². The number of nitrogens with one attached hydrogen (secondary N) is 10. The van der Waals surface area contributed by atoms with Crippen molar-refractivity contribution in [3.05, 3.63) is 105 Å². The number of hydrogen-bond donors (Lipinski definition) is 13. The topological polar surface area (TPSA) is 386 Å². The molecular formula is C66H98Cl3N13O11. The molecule has 3 aromatic carbocycles. The van der Waals surface area contributed by atoms with E-state index in [1.165, 1.54) is 20.8 Å². The van der Waals surface area contributed by atoms with E-state index >= 15 is 4.79 Å². The molecule has 0 saturated heterocycles. The van der Waals surface area contributed by atoms with Gasteiger partial charge in [-0.05, 0) is 123 Å². The van der Waals surface area contributed by atoms with Crippen molar-refractivity contribution in [2.24, 2.45) is 40.9 Å². The van der Waals surface area contributed by atoms with Gasteiger partial charge in [-0.15, -0.1) is 0 Å². The number of carbonyl (C=O) groups excluding carboxylic acids is 11. The molecule has 0 radical (unpaired) electrons. The van der Waals surface area contributed by atoms with Crippen LogP contribution < -0.4 is 70.4 Å². The van der Waals surface area contributed by atoms with Gasteiger partial charge < -0.3 is 70.4 Å². The number of hydrogen-bond acceptors (Lipinski definition) is 13. The first kappa shape index (κ1) is 79.9. The molecule has 11 amide bonds. The number of unbranched alkanes of at least 4 members (excludes halogenated alkanes) is 1. The molecule has 0 spiro atoms. The summed E-state index contributed by atoms with van der Waals surface area (Å²) in [6, 6.07) is 6.25. The lowest BCUT2D eigenvalue weighted by Gasteiger charge is -2.31. The summed E-state index contributed by atoms with van der Waals surface area (Å²) in [5.74, 6) is -9.84. The second-order valence-electron chi connectivity index (χ2n) is 24.1. The number of amides is 11. The summed E-state index contributed by atoms with van der Waals surface area (Å²) in [5, 5.41) is 28.3. The Kier molecular flexibility index (Phi) is 34.3. The highest BCUT2D eigenvalue weighted by Crippen LogP contribution is 2.19. The molecule has 3 aromatic rings. The lowest BCUT2D eigenvalue weighted by molar-refractivity contribution is -0.137. The maximum absolute atomic E-state index is 15.1. The van der Waals surface area contributed by atoms with Gasteiger partial charge in [0, 0.05) is 34.3 Å². The highest BCUT2D eigenvalue weighted by molar-refractivity contribution is 6.31. The van der Waals surface area contributed by atoms with Crippen molar-refractivity contribution in [1.29, 1.82) is 0 Å². The molecule has 0 fully saturated rings. The van der Waals surface area contributed by atoms with Gasteiger partial charge in [-0.2, -0.15) is 0 Å². The molecule has 24 nitrogen and oxygen atoms in total. The Morgan fingerprint density at radius 1 is 0.355 bits per heavy atom. The molecule has 16 N–H and O–H groups in total. The van der Waals surface area contributed by atoms with Crippen molar-refractivity contribution >= 4 is 99.8 Å². The number of primary amides is 1. The number of halogens is 3. The highest BCUT2D eigenvalue weighted by atomic mass is 35.5. The van der Waals surface area contributed by atoms with Crippen LogP contribution in [0.25, 0.3) is 0 Å². The van der Waals surface area contributed by atoms with Crippen molar-refractivity contribution in [3.8, 4) is 0 Å². The second kappa shape index (κ2) is 40.0. The first-order chi connectivity index (χ1) is 43.9. The Morgan fingerprint density at radius 2 is 0.624 bits per heavy atom. The summed E-state index contributed by atoms with van der Waals surface area (Å²) in [4.78, 5) is 153. The van der Waals surface area contributed by atoms with Crippen LogP contribution in [0.5, 0.6) is 0 Å². The third kappa shape index (κ3) is 26.5. The van der Waals surface area contributed by atoms with E-state index in [0.29, 0.717) is 76.8 Å². The van der Waals surface area contributed by atoms with Crippen molar-refractivity contribution in [2.75, 3.05) is 6.54 Å². The molecule has 514 valence electrons. The van der Waals surface area contributed by atoms with Gasteiger partial charge in [0.1, 0.15) is 60.4 Å². The minimum atomic E-state index is -1.43. The van der Waals surface area contributed by atoms with Gasteiger partial charge in [0.15, 0.2) is 0 Å². The molecule has 0 bridgehead atoms. The van der Waals surface area contributed by atoms with Gasteiger partial charge in [0.2, 0.25) is 65.0 Å². The molecule has 27 heteroatoms. The van der Waals surface area contributed by atoms with Crippen LogP contribution in [-0.4, -0.2) is 138 Å². The fraction of sp³-hybridized carbons (Fsp3) is 0.561. The molecule has 93 heavy (non-hydrogen) atoms. The van der Waals surface area contributed by atoms with Crippen molar-refractivity contribution < 1.29 is 52.7 Å². The number of nitrogens with two attached hydrogens (primary N) is 3. The van der Waals surface area contributed by atoms with Crippen LogP contribution in [-0.2, 0) is 72.0 Å². The monoisotopic (exact) mass is 1350 g/mol. The summed E-state index contributed by atoms with van der Waals surface area (Å²) in [7, 11) is 0. The SMILES string of the molecule is CCC(C)C(N)C(=O)NC(C(=O)NC(Cc1ccc(Cl)cc1)C(=O)NC(Cc1ccc(Cl)cc1)C(=O)NC(Cc1ccc(Cl)cc1)C(=O)NC(C(=O)NC(C(=O)NC(C)C(=O)NC(C)C(=O)NC(C)C(=O)NC(CCCCN)C(N)=O)C(C)CC)C(C)CC)C(C)CC. The van der Waals surface area contributed by atoms with Gasteiger partial charge in [0.25, 0.3) is 0 Å². The van der Waals surface area contributed by atoms with Crippen LogP contribution in [0.2, 0.25) is 15.1 Å². The number of benzene rings is 3. The molecule has 15 unspecified atom stereocenters. The zero-order valence-corrected chi connectivity index (χ0v) is 57.5. The Labute approximate surface area is 561 Å². The summed E-state index contributed by atoms with van der Waals surface area (Å²) in [6.07, 6.45) is 2.81. The lowest BCUT2D eigenvalue weighted by Crippen LogP contribution is -2.62. The first-order valence-electron chi connectivity index (χ1n) is 31.9. The number of carbonyl (C=O) groups is 11. The average molecular weight is 1360 g/mol. The second-order valence-corrected chi connectivity index (χ2v) is 25.5. The lowest BCUT2D eigenvalue weighted by atomic mass is 9.94. The maximum Gasteiger partial charge on any atom is 0.243 e. The van der Waals surface area contributed by atoms with E-state index in [9.17, 15) is 47.9 Å². The van der Waals surface area contributed by atoms with Gasteiger partial charge in [-0.1, -0.05) is 152 Å². The first-order valence-corrected chi connectivity index (χ1v) is 33.0. The van der Waals surface area contributed by atoms with Crippen LogP contribution >= 0.6 is 34.8 Å². The molecule has 0 saturated carbocycles. The normalized spacial score (nSPS) is 16.1. The highest BCUT2D eigenvalue weighted by Gasteiger charge is 2.38. The predicted molar refractivity (Wildman–Crippen MR) is 360 cm³/mol. The summed E-state index contributed by atoms with van der Waals surface area (Å²) < 4.78 is 0. The minimum Gasteiger partial charge on any atom is -0.368 e. The van der Waals surface area contributed by atoms with Gasteiger partial charge in [-0.3, -0.25) is 52.7 Å². The quantitative estimate of drug-likeness (QED) is 0.0363. The van der Waals surface area contributed by atoms with E-state index in [2.05, 4.69) is 53.2 Å². The van der Waals surface area contributed by atoms with Gasteiger partial charge in [0.05, 0.1) is 6.04 Å². The Hall–Kier alpha value is -7.38. The van der Waals surface area contributed by atoms with Crippen LogP contribution in [0.3, 0.4) is 0 Å². The Bertz CT molecular complexity index is 2980. The predicted octanol–water partition coefficient (Wildman–Crippen LogP) is 3.71. The van der Waals surface area contributed by atoms with Crippen molar-refractivity contribution in [2.45, 2.75) is 207 Å². The zero-order valence-electron chi connectivity index (χ0n) is 55.2. The summed E-state index contributed by atoms with van der Waals surface area (Å²) >= 11 is 18.8. The van der Waals surface area contributed by atoms with E-state index in [0.717, 1.165) is 0 Å². The molecule has 0 aromatic heterocycles. The van der Waals surface area contributed by atoms with Gasteiger partial charge in [-0.25, -0.2) is 0 Å². The van der Waals surface area contributed by atoms with Crippen LogP contribution in [0.15, 0.2) is 72.8 Å². The summed E-state index contributed by atoms with van der Waals surface area (Å²) in [6.45, 7) is 18.9. The van der Waals surface area contributed by atoms with E-state index in [-0.39, 0.29) is 31.6 Å². The Balaban J connectivity index is 1.96. The largest absolute Gasteiger partial charge is 0.368 e. The molecule has 3 rings (SSSR count). The maximum atomic E-state index is 15.1. The molecular weight excluding hydrogens is 1260 g/mol. The standard InChI is InChI=1S/C66H98Cl3N13O11/c1-12-35(5)52(71)63(90)81-54(37(7)14-3)65(92)79-50(33-43-21-27-46(68)28-22-43)61(88)77-49(32-42-19-25-45(67)26-20-42)60(87)78-51(34-44-23-29-47(69)30-24-44)62(89)80-55(38(8)15-4)66(93)82-53(36(6)13-2)64(91)75-40(10)58(85)73-39(9)57(84)74-41(11)59(86)76-48(56(72)83)18-16-17-31-70/h19-30,35-41,48-55H,12-18,31-34,70-71H2,1-11H3,(H2,72,83)(H,73,85)(H,74,84)(H,75,91)(H,76,86)(H,77,88)(H,78,87)(H,79,92)(H,80,89)(H,81,90)(H,82,93). The smallest absolute Gasteiger partial charge is 0.243 e. The average Bonchev–Trinajstić information content (AvgIpc) is 1.13. The van der Waals surface area contributed by atoms with E-state index < -0.39 is 149 Å². The van der Waals surface area contributed by atoms with E-state index in [4.69, 9.17) is 52.0 Å². The number of rotatable bonds is 39. The van der Waals surface area contributed by atoms with Crippen LogP contribution in [0, 0.1) is 23.7 Å². The van der Waals surface area contributed by atoms with E-state index in [1.807, 2.05) is 20.8 Å². The third-order valence-electron chi connectivity index (χ3n) is 16.8. The molecule has 0 heterocycles. The third-order valence-corrected chi connectivity index (χ3v) is 17.5.